The third-order valence-corrected chi connectivity index (χ3v) is 3.67. The summed E-state index contributed by atoms with van der Waals surface area (Å²) in [4.78, 5) is 0. The summed E-state index contributed by atoms with van der Waals surface area (Å²) in [7, 11) is 0. The van der Waals surface area contributed by atoms with E-state index >= 15 is 0 Å². The molecule has 0 unspecified atom stereocenters. The number of ether oxygens (including phenoxy) is 1. The van der Waals surface area contributed by atoms with Crippen LogP contribution < -0.4 is 0 Å². The maximum Gasteiger partial charge on any atom is 0.0653 e. The Morgan fingerprint density at radius 1 is 1.11 bits per heavy atom. The summed E-state index contributed by atoms with van der Waals surface area (Å²) < 4.78 is 5.36. The van der Waals surface area contributed by atoms with Gasteiger partial charge in [0.25, 0.3) is 0 Å². The zero-order valence-corrected chi connectivity index (χ0v) is 11.2. The fourth-order valence-corrected chi connectivity index (χ4v) is 2.68. The minimum atomic E-state index is 0.154. The zero-order valence-electron chi connectivity index (χ0n) is 11.2. The summed E-state index contributed by atoms with van der Waals surface area (Å²) in [5.74, 6) is 0.218. The molecule has 0 fully saturated rings. The lowest BCUT2D eigenvalue weighted by Crippen LogP contribution is -2.10. The van der Waals surface area contributed by atoms with Gasteiger partial charge in [-0.2, -0.15) is 0 Å². The number of aliphatic hydroxyl groups excluding tert-OH is 2. The molecule has 1 aromatic rings. The molecule has 0 spiro atoms. The minimum Gasteiger partial charge on any atom is -0.396 e. The van der Waals surface area contributed by atoms with Crippen LogP contribution in [0.25, 0.3) is 5.57 Å². The van der Waals surface area contributed by atoms with Crippen molar-refractivity contribution in [1.29, 1.82) is 0 Å². The zero-order chi connectivity index (χ0) is 13.5. The molecule has 0 saturated heterocycles. The largest absolute Gasteiger partial charge is 0.396 e. The quantitative estimate of drug-likeness (QED) is 0.827. The average Bonchev–Trinajstić information content (AvgIpc) is 2.48. The summed E-state index contributed by atoms with van der Waals surface area (Å²) in [6.07, 6.45) is 4.46. The van der Waals surface area contributed by atoms with Crippen molar-refractivity contribution in [2.75, 3.05) is 26.4 Å². The summed E-state index contributed by atoms with van der Waals surface area (Å²) >= 11 is 0. The molecule has 0 aromatic heterocycles. The second-order valence-corrected chi connectivity index (χ2v) is 4.86. The van der Waals surface area contributed by atoms with E-state index in [2.05, 4.69) is 18.2 Å². The minimum absolute atomic E-state index is 0.154. The van der Waals surface area contributed by atoms with E-state index in [1.54, 1.807) is 0 Å². The molecule has 0 amide bonds. The molecule has 1 aliphatic heterocycles. The first-order valence-electron chi connectivity index (χ1n) is 6.94. The second kappa shape index (κ2) is 7.43. The molecular formula is C16H22O3. The Hall–Kier alpha value is -1.16. The highest BCUT2D eigenvalue weighted by Crippen LogP contribution is 2.32. The molecule has 104 valence electrons. The van der Waals surface area contributed by atoms with E-state index < -0.39 is 0 Å². The van der Waals surface area contributed by atoms with Crippen LogP contribution in [0.3, 0.4) is 0 Å². The topological polar surface area (TPSA) is 49.7 Å². The van der Waals surface area contributed by atoms with E-state index in [9.17, 15) is 10.2 Å². The number of rotatable bonds is 6. The highest BCUT2D eigenvalue weighted by Gasteiger charge is 2.17. The smallest absolute Gasteiger partial charge is 0.0653 e. The van der Waals surface area contributed by atoms with Crippen molar-refractivity contribution >= 4 is 5.57 Å². The molecule has 3 heteroatoms. The lowest BCUT2D eigenvalue weighted by atomic mass is 9.85. The molecule has 0 radical (unpaired) electrons. The van der Waals surface area contributed by atoms with E-state index in [0.29, 0.717) is 19.4 Å². The maximum absolute atomic E-state index is 9.21. The van der Waals surface area contributed by atoms with Gasteiger partial charge in [0.2, 0.25) is 0 Å². The van der Waals surface area contributed by atoms with Crippen LogP contribution in [0.15, 0.2) is 30.3 Å². The fraction of sp³-hybridized carbons (Fsp3) is 0.500. The van der Waals surface area contributed by atoms with Crippen LogP contribution in [-0.2, 0) is 4.74 Å². The summed E-state index contributed by atoms with van der Waals surface area (Å²) in [5.41, 5.74) is 3.80. The molecule has 2 N–H and O–H groups in total. The van der Waals surface area contributed by atoms with Crippen molar-refractivity contribution in [3.63, 3.8) is 0 Å². The van der Waals surface area contributed by atoms with Crippen LogP contribution in [0.2, 0.25) is 0 Å². The molecule has 1 aromatic carbocycles. The first kappa shape index (κ1) is 14.3. The fourth-order valence-electron chi connectivity index (χ4n) is 2.68. The maximum atomic E-state index is 9.21. The van der Waals surface area contributed by atoms with Crippen LogP contribution in [0.1, 0.15) is 36.3 Å². The lowest BCUT2D eigenvalue weighted by molar-refractivity contribution is 0.161. The van der Waals surface area contributed by atoms with Gasteiger partial charge in [-0.15, -0.1) is 0 Å². The van der Waals surface area contributed by atoms with Gasteiger partial charge < -0.3 is 14.9 Å². The summed E-state index contributed by atoms with van der Waals surface area (Å²) in [5, 5.41) is 18.4. The summed E-state index contributed by atoms with van der Waals surface area (Å²) in [6.45, 7) is 1.75. The van der Waals surface area contributed by atoms with E-state index in [4.69, 9.17) is 4.74 Å². The third-order valence-electron chi connectivity index (χ3n) is 3.67. The summed E-state index contributed by atoms with van der Waals surface area (Å²) in [6, 6.07) is 8.32. The Kier molecular flexibility index (Phi) is 5.58. The molecule has 3 nitrogen and oxygen atoms in total. The number of hydrogen-bond acceptors (Lipinski definition) is 3. The standard InChI is InChI=1S/C16H22O3/c17-9-5-13(6-10-18)15-3-1-2-4-16(15)14-7-11-19-12-8-14/h1-4,7,13,17-18H,5-6,8-12H2. The molecule has 0 aliphatic carbocycles. The Labute approximate surface area is 114 Å². The number of hydrogen-bond donors (Lipinski definition) is 2. The molecule has 1 aliphatic rings. The Balaban J connectivity index is 2.30. The van der Waals surface area contributed by atoms with Gasteiger partial charge in [-0.1, -0.05) is 30.3 Å². The first-order valence-corrected chi connectivity index (χ1v) is 6.94. The molecule has 2 rings (SSSR count). The van der Waals surface area contributed by atoms with Crippen molar-refractivity contribution in [2.45, 2.75) is 25.2 Å². The van der Waals surface area contributed by atoms with E-state index in [1.807, 2.05) is 12.1 Å². The van der Waals surface area contributed by atoms with Crippen molar-refractivity contribution in [3.8, 4) is 0 Å². The van der Waals surface area contributed by atoms with E-state index in [-0.39, 0.29) is 19.1 Å². The molecular weight excluding hydrogens is 240 g/mol. The van der Waals surface area contributed by atoms with Gasteiger partial charge in [-0.05, 0) is 41.9 Å². The van der Waals surface area contributed by atoms with Gasteiger partial charge in [-0.3, -0.25) is 0 Å². The second-order valence-electron chi connectivity index (χ2n) is 4.86. The van der Waals surface area contributed by atoms with Gasteiger partial charge in [-0.25, -0.2) is 0 Å². The molecule has 0 atom stereocenters. The van der Waals surface area contributed by atoms with Gasteiger partial charge in [0.05, 0.1) is 13.2 Å². The van der Waals surface area contributed by atoms with Crippen LogP contribution in [0.4, 0.5) is 0 Å². The first-order chi connectivity index (χ1) is 9.36. The highest BCUT2D eigenvalue weighted by molar-refractivity contribution is 5.69. The van der Waals surface area contributed by atoms with Crippen molar-refractivity contribution in [2.24, 2.45) is 0 Å². The van der Waals surface area contributed by atoms with Crippen LogP contribution in [0.5, 0.6) is 0 Å². The van der Waals surface area contributed by atoms with Crippen molar-refractivity contribution in [3.05, 3.63) is 41.5 Å². The predicted octanol–water partition coefficient (Wildman–Crippen LogP) is 2.34. The molecule has 0 bridgehead atoms. The van der Waals surface area contributed by atoms with E-state index in [1.165, 1.54) is 16.7 Å². The van der Waals surface area contributed by atoms with Gasteiger partial charge in [0, 0.05) is 13.2 Å². The van der Waals surface area contributed by atoms with Crippen LogP contribution in [-0.4, -0.2) is 36.6 Å². The Bertz CT molecular complexity index is 420. The molecule has 0 saturated carbocycles. The van der Waals surface area contributed by atoms with E-state index in [0.717, 1.165) is 13.0 Å². The SMILES string of the molecule is OCCC(CCO)c1ccccc1C1=CCOCC1. The molecule has 19 heavy (non-hydrogen) atoms. The Morgan fingerprint density at radius 3 is 2.47 bits per heavy atom. The average molecular weight is 262 g/mol. The number of aliphatic hydroxyl groups is 2. The lowest BCUT2D eigenvalue weighted by Gasteiger charge is -2.22. The van der Waals surface area contributed by atoms with Crippen molar-refractivity contribution < 1.29 is 14.9 Å². The van der Waals surface area contributed by atoms with Crippen molar-refractivity contribution in [1.82, 2.24) is 0 Å². The Morgan fingerprint density at radius 2 is 1.84 bits per heavy atom. The van der Waals surface area contributed by atoms with Gasteiger partial charge >= 0.3 is 0 Å². The third kappa shape index (κ3) is 3.66. The molecule has 1 heterocycles. The monoisotopic (exact) mass is 262 g/mol. The van der Waals surface area contributed by atoms with Gasteiger partial charge in [0.1, 0.15) is 0 Å². The number of benzene rings is 1. The highest BCUT2D eigenvalue weighted by atomic mass is 16.5. The van der Waals surface area contributed by atoms with Crippen LogP contribution >= 0.6 is 0 Å². The predicted molar refractivity (Wildman–Crippen MR) is 76.0 cm³/mol. The normalized spacial score (nSPS) is 15.6. The van der Waals surface area contributed by atoms with Gasteiger partial charge in [0.15, 0.2) is 0 Å². The van der Waals surface area contributed by atoms with Crippen LogP contribution in [0, 0.1) is 0 Å².